The van der Waals surface area contributed by atoms with Crippen molar-refractivity contribution in [1.29, 1.82) is 5.26 Å². The summed E-state index contributed by atoms with van der Waals surface area (Å²) in [5.74, 6) is 0.958. The minimum absolute atomic E-state index is 0.0500. The average Bonchev–Trinajstić information content (AvgIpc) is 2.90. The molecular weight excluding hydrogens is 272 g/mol. The lowest BCUT2D eigenvalue weighted by Gasteiger charge is -2.20. The Labute approximate surface area is 124 Å². The molecule has 2 rings (SSSR count). The molecule has 1 aromatic rings. The van der Waals surface area contributed by atoms with Gasteiger partial charge in [0.25, 0.3) is 0 Å². The second kappa shape index (κ2) is 6.98. The van der Waals surface area contributed by atoms with Crippen LogP contribution in [0.1, 0.15) is 12.5 Å². The molecule has 0 radical (unpaired) electrons. The van der Waals surface area contributed by atoms with Gasteiger partial charge in [0.1, 0.15) is 18.3 Å². The first-order chi connectivity index (χ1) is 9.74. The molecule has 4 nitrogen and oxygen atoms in total. The van der Waals surface area contributed by atoms with Gasteiger partial charge in [-0.25, -0.2) is 0 Å². The lowest BCUT2D eigenvalue weighted by atomic mass is 10.2. The number of methoxy groups -OCH3 is 2. The van der Waals surface area contributed by atoms with Crippen LogP contribution >= 0.6 is 11.8 Å². The van der Waals surface area contributed by atoms with Crippen molar-refractivity contribution in [1.82, 2.24) is 0 Å². The molecule has 0 saturated carbocycles. The normalized spacial score (nSPS) is 22.0. The molecule has 0 aromatic heterocycles. The number of ether oxygens (including phenoxy) is 2. The van der Waals surface area contributed by atoms with Gasteiger partial charge in [-0.3, -0.25) is 0 Å². The molecule has 20 heavy (non-hydrogen) atoms. The number of rotatable bonds is 5. The van der Waals surface area contributed by atoms with E-state index in [0.29, 0.717) is 0 Å². The molecule has 2 unspecified atom stereocenters. The van der Waals surface area contributed by atoms with Gasteiger partial charge in [0.2, 0.25) is 0 Å². The monoisotopic (exact) mass is 292 g/mol. The van der Waals surface area contributed by atoms with Crippen molar-refractivity contribution in [3.05, 3.63) is 23.8 Å². The summed E-state index contributed by atoms with van der Waals surface area (Å²) in [5.41, 5.74) is 1.73. The van der Waals surface area contributed by atoms with Crippen LogP contribution in [0.15, 0.2) is 23.1 Å². The summed E-state index contributed by atoms with van der Waals surface area (Å²) >= 11 is 1.70. The molecule has 0 N–H and O–H groups in total. The molecule has 1 aromatic carbocycles. The molecular formula is C15H20N2O2S. The van der Waals surface area contributed by atoms with E-state index in [2.05, 4.69) is 17.9 Å². The Bertz CT molecular complexity index is 489. The number of nitriles is 1. The Morgan fingerprint density at radius 2 is 1.95 bits per heavy atom. The van der Waals surface area contributed by atoms with Gasteiger partial charge in [-0.05, 0) is 17.9 Å². The summed E-state index contributed by atoms with van der Waals surface area (Å²) in [7, 11) is 3.41. The first-order valence-corrected chi connectivity index (χ1v) is 7.70. The van der Waals surface area contributed by atoms with Crippen molar-refractivity contribution in [3.63, 3.8) is 0 Å². The Kier molecular flexibility index (Phi) is 5.30. The average molecular weight is 292 g/mol. The highest BCUT2D eigenvalue weighted by molar-refractivity contribution is 7.99. The highest BCUT2D eigenvalue weighted by Crippen LogP contribution is 2.32. The fourth-order valence-electron chi connectivity index (χ4n) is 2.56. The lowest BCUT2D eigenvalue weighted by molar-refractivity contribution is -0.00461. The summed E-state index contributed by atoms with van der Waals surface area (Å²) in [4.78, 5) is 3.22. The van der Waals surface area contributed by atoms with Gasteiger partial charge in [-0.2, -0.15) is 5.26 Å². The summed E-state index contributed by atoms with van der Waals surface area (Å²) in [6.07, 6.45) is 0.100. The van der Waals surface area contributed by atoms with Crippen LogP contribution in [0, 0.1) is 11.3 Å². The molecule has 1 heterocycles. The predicted octanol–water partition coefficient (Wildman–Crippen LogP) is 2.52. The fourth-order valence-corrected chi connectivity index (χ4v) is 3.34. The number of thioether (sulfide) groups is 1. The van der Waals surface area contributed by atoms with Crippen LogP contribution in [0.4, 0.5) is 5.69 Å². The predicted molar refractivity (Wildman–Crippen MR) is 81.4 cm³/mol. The van der Waals surface area contributed by atoms with Crippen molar-refractivity contribution < 1.29 is 9.47 Å². The van der Waals surface area contributed by atoms with E-state index in [1.165, 1.54) is 0 Å². The molecule has 1 aliphatic heterocycles. The molecule has 5 heteroatoms. The van der Waals surface area contributed by atoms with E-state index < -0.39 is 0 Å². The van der Waals surface area contributed by atoms with Gasteiger partial charge in [-0.15, -0.1) is 11.8 Å². The van der Waals surface area contributed by atoms with E-state index >= 15 is 0 Å². The van der Waals surface area contributed by atoms with Crippen LogP contribution in [0.3, 0.4) is 0 Å². The highest BCUT2D eigenvalue weighted by Gasteiger charge is 2.34. The molecule has 0 amide bonds. The summed E-state index contributed by atoms with van der Waals surface area (Å²) in [6.45, 7) is 3.60. The first kappa shape index (κ1) is 15.2. The minimum atomic E-state index is 0.0500. The number of nitrogens with zero attached hydrogens (tertiary/aromatic N) is 2. The Hall–Kier alpha value is -1.22. The maximum absolute atomic E-state index is 9.48. The third-order valence-corrected chi connectivity index (χ3v) is 4.52. The van der Waals surface area contributed by atoms with E-state index in [0.717, 1.165) is 35.0 Å². The van der Waals surface area contributed by atoms with Crippen LogP contribution in [-0.4, -0.2) is 45.3 Å². The maximum atomic E-state index is 9.48. The molecule has 1 saturated heterocycles. The van der Waals surface area contributed by atoms with E-state index in [1.54, 1.807) is 26.0 Å². The van der Waals surface area contributed by atoms with Gasteiger partial charge < -0.3 is 14.4 Å². The number of hydrogen-bond acceptors (Lipinski definition) is 5. The zero-order valence-corrected chi connectivity index (χ0v) is 12.9. The van der Waals surface area contributed by atoms with Crippen molar-refractivity contribution >= 4 is 17.4 Å². The van der Waals surface area contributed by atoms with Crippen molar-refractivity contribution in [3.8, 4) is 6.07 Å². The molecule has 108 valence electrons. The van der Waals surface area contributed by atoms with Crippen molar-refractivity contribution in [2.45, 2.75) is 24.0 Å². The van der Waals surface area contributed by atoms with Gasteiger partial charge in [0, 0.05) is 32.2 Å². The topological polar surface area (TPSA) is 45.5 Å². The van der Waals surface area contributed by atoms with Crippen molar-refractivity contribution in [2.24, 2.45) is 0 Å². The summed E-state index contributed by atoms with van der Waals surface area (Å²) in [6, 6.07) is 8.37. The maximum Gasteiger partial charge on any atom is 0.103 e. The quantitative estimate of drug-likeness (QED) is 0.780. The molecule has 1 fully saturated rings. The molecule has 0 spiro atoms. The van der Waals surface area contributed by atoms with Crippen molar-refractivity contribution in [2.75, 3.05) is 38.0 Å². The number of benzene rings is 1. The van der Waals surface area contributed by atoms with E-state index in [9.17, 15) is 5.26 Å². The second-order valence-corrected chi connectivity index (χ2v) is 5.95. The zero-order chi connectivity index (χ0) is 14.5. The highest BCUT2D eigenvalue weighted by atomic mass is 32.2. The van der Waals surface area contributed by atoms with Gasteiger partial charge in [-0.1, -0.05) is 13.0 Å². The zero-order valence-electron chi connectivity index (χ0n) is 12.1. The van der Waals surface area contributed by atoms with Crippen LogP contribution < -0.4 is 4.90 Å². The Balaban J connectivity index is 2.30. The fraction of sp³-hybridized carbons (Fsp3) is 0.533. The summed E-state index contributed by atoms with van der Waals surface area (Å²) in [5, 5.41) is 9.48. The Morgan fingerprint density at radius 3 is 2.45 bits per heavy atom. The first-order valence-electron chi connectivity index (χ1n) is 6.71. The standard InChI is InChI=1S/C15H20N2O2S/c1-4-20-15-7-5-6-12(11(15)8-16)17-9-13(18-2)14(10-17)19-3/h5-7,13-14H,4,9-10H2,1-3H3. The van der Waals surface area contributed by atoms with Crippen LogP contribution in [0.5, 0.6) is 0 Å². The largest absolute Gasteiger partial charge is 0.377 e. The van der Waals surface area contributed by atoms with E-state index in [1.807, 2.05) is 18.2 Å². The third kappa shape index (κ3) is 2.93. The summed E-state index contributed by atoms with van der Waals surface area (Å²) < 4.78 is 10.9. The molecule has 2 atom stereocenters. The van der Waals surface area contributed by atoms with Gasteiger partial charge in [0.15, 0.2) is 0 Å². The number of hydrogen-bond donors (Lipinski definition) is 0. The van der Waals surface area contributed by atoms with Crippen LogP contribution in [-0.2, 0) is 9.47 Å². The third-order valence-electron chi connectivity index (χ3n) is 3.58. The number of anilines is 1. The molecule has 1 aliphatic rings. The van der Waals surface area contributed by atoms with E-state index in [-0.39, 0.29) is 12.2 Å². The van der Waals surface area contributed by atoms with Crippen LogP contribution in [0.25, 0.3) is 0 Å². The van der Waals surface area contributed by atoms with Crippen LogP contribution in [0.2, 0.25) is 0 Å². The molecule has 0 aliphatic carbocycles. The van der Waals surface area contributed by atoms with Gasteiger partial charge >= 0.3 is 0 Å². The lowest BCUT2D eigenvalue weighted by Crippen LogP contribution is -2.27. The SMILES string of the molecule is CCSc1cccc(N2CC(OC)C(OC)C2)c1C#N. The Morgan fingerprint density at radius 1 is 1.30 bits per heavy atom. The van der Waals surface area contributed by atoms with Gasteiger partial charge in [0.05, 0.1) is 11.3 Å². The molecule has 0 bridgehead atoms. The smallest absolute Gasteiger partial charge is 0.103 e. The van der Waals surface area contributed by atoms with E-state index in [4.69, 9.17) is 9.47 Å². The minimum Gasteiger partial charge on any atom is -0.377 e. The second-order valence-electron chi connectivity index (χ2n) is 4.65.